The summed E-state index contributed by atoms with van der Waals surface area (Å²) in [6, 6.07) is 4.45. The summed E-state index contributed by atoms with van der Waals surface area (Å²) >= 11 is 8.29. The molecule has 0 bridgehead atoms. The third-order valence-electron chi connectivity index (χ3n) is 2.99. The largest absolute Gasteiger partial charge is 0.299 e. The average Bonchev–Trinajstić information content (AvgIpc) is 2.93. The van der Waals surface area contributed by atoms with Crippen LogP contribution >= 0.6 is 34.7 Å². The molecule has 7 nitrogen and oxygen atoms in total. The summed E-state index contributed by atoms with van der Waals surface area (Å²) < 4.78 is 37.7. The number of nitrogens with one attached hydrogen (secondary N) is 1. The van der Waals surface area contributed by atoms with E-state index in [0.717, 1.165) is 21.9 Å². The first-order chi connectivity index (χ1) is 11.7. The molecule has 1 aromatic heterocycles. The van der Waals surface area contributed by atoms with E-state index in [0.29, 0.717) is 14.9 Å². The van der Waals surface area contributed by atoms with Crippen LogP contribution in [0.4, 0.5) is 9.52 Å². The van der Waals surface area contributed by atoms with Gasteiger partial charge in [0.1, 0.15) is 5.82 Å². The van der Waals surface area contributed by atoms with Crippen molar-refractivity contribution in [3.8, 4) is 0 Å². The standard InChI is InChI=1S/C13H14ClFN4O3S3/c1-19(25(2,21)22)6-11(20)16-12-17-18-13(24-12)23-7-8-9(14)4-3-5-10(8)15/h3-5H,6-7H2,1-2H3,(H,16,17,20). The van der Waals surface area contributed by atoms with Crippen LogP contribution < -0.4 is 5.32 Å². The Kier molecular flexibility index (Phi) is 6.74. The smallest absolute Gasteiger partial charge is 0.241 e. The van der Waals surface area contributed by atoms with E-state index in [1.165, 1.54) is 30.9 Å². The Bertz CT molecular complexity index is 855. The first-order valence-corrected chi connectivity index (χ1v) is 10.8. The van der Waals surface area contributed by atoms with Gasteiger partial charge in [0.25, 0.3) is 0 Å². The molecule has 0 unspecified atom stereocenters. The maximum atomic E-state index is 13.7. The van der Waals surface area contributed by atoms with Crippen molar-refractivity contribution in [3.63, 3.8) is 0 Å². The molecule has 136 valence electrons. The number of rotatable bonds is 7. The highest BCUT2D eigenvalue weighted by Gasteiger charge is 2.17. The van der Waals surface area contributed by atoms with Crippen LogP contribution in [0.25, 0.3) is 0 Å². The fraction of sp³-hybridized carbons (Fsp3) is 0.308. The lowest BCUT2D eigenvalue weighted by Gasteiger charge is -2.12. The first kappa shape index (κ1) is 20.0. The molecule has 1 aromatic carbocycles. The Morgan fingerprint density at radius 1 is 1.44 bits per heavy atom. The minimum atomic E-state index is -3.44. The van der Waals surface area contributed by atoms with Crippen molar-refractivity contribution in [1.82, 2.24) is 14.5 Å². The third-order valence-corrected chi connectivity index (χ3v) is 6.60. The summed E-state index contributed by atoms with van der Waals surface area (Å²) in [6.45, 7) is -0.328. The second kappa shape index (κ2) is 8.41. The first-order valence-electron chi connectivity index (χ1n) is 6.77. The van der Waals surface area contributed by atoms with E-state index in [1.807, 2.05) is 0 Å². The molecule has 0 fully saturated rings. The molecular weight excluding hydrogens is 411 g/mol. The second-order valence-corrected chi connectivity index (χ2v) is 9.63. The molecule has 25 heavy (non-hydrogen) atoms. The molecule has 0 aliphatic heterocycles. The molecule has 12 heteroatoms. The molecule has 0 radical (unpaired) electrons. The predicted molar refractivity (Wildman–Crippen MR) is 97.0 cm³/mol. The number of hydrogen-bond acceptors (Lipinski definition) is 7. The van der Waals surface area contributed by atoms with Gasteiger partial charge in [0.2, 0.25) is 21.1 Å². The van der Waals surface area contributed by atoms with Gasteiger partial charge in [-0.05, 0) is 12.1 Å². The number of nitrogens with zero attached hydrogens (tertiary/aromatic N) is 3. The third kappa shape index (κ3) is 5.89. The van der Waals surface area contributed by atoms with E-state index in [4.69, 9.17) is 11.6 Å². The summed E-state index contributed by atoms with van der Waals surface area (Å²) in [4.78, 5) is 11.8. The highest BCUT2D eigenvalue weighted by atomic mass is 35.5. The van der Waals surface area contributed by atoms with Gasteiger partial charge in [-0.1, -0.05) is 40.8 Å². The molecule has 0 saturated carbocycles. The molecule has 2 aromatic rings. The predicted octanol–water partition coefficient (Wildman–Crippen LogP) is 2.45. The number of anilines is 1. The van der Waals surface area contributed by atoms with Gasteiger partial charge in [-0.3, -0.25) is 10.1 Å². The number of hydrogen-bond donors (Lipinski definition) is 1. The SMILES string of the molecule is CN(CC(=O)Nc1nnc(SCc2c(F)cccc2Cl)s1)S(C)(=O)=O. The van der Waals surface area contributed by atoms with E-state index in [1.54, 1.807) is 6.07 Å². The Balaban J connectivity index is 1.93. The molecule has 0 aliphatic carbocycles. The number of likely N-dealkylation sites (N-methyl/N-ethyl adjacent to an activating group) is 1. The molecule has 0 aliphatic rings. The minimum absolute atomic E-state index is 0.231. The summed E-state index contributed by atoms with van der Waals surface area (Å²) in [7, 11) is -2.14. The summed E-state index contributed by atoms with van der Waals surface area (Å²) in [5.41, 5.74) is 0.365. The maximum Gasteiger partial charge on any atom is 0.241 e. The number of sulfonamides is 1. The molecule has 1 amide bonds. The highest BCUT2D eigenvalue weighted by molar-refractivity contribution is 8.00. The Hall–Kier alpha value is -1.27. The lowest BCUT2D eigenvalue weighted by Crippen LogP contribution is -2.34. The van der Waals surface area contributed by atoms with Gasteiger partial charge in [-0.2, -0.15) is 4.31 Å². The van der Waals surface area contributed by atoms with E-state index in [-0.39, 0.29) is 17.4 Å². The summed E-state index contributed by atoms with van der Waals surface area (Å²) in [6.07, 6.45) is 1.01. The molecular formula is C13H14ClFN4O3S3. The van der Waals surface area contributed by atoms with Crippen LogP contribution in [0.5, 0.6) is 0 Å². The Labute approximate surface area is 157 Å². The van der Waals surface area contributed by atoms with Crippen LogP contribution in [-0.4, -0.2) is 48.7 Å². The van der Waals surface area contributed by atoms with Gasteiger partial charge in [0.15, 0.2) is 4.34 Å². The lowest BCUT2D eigenvalue weighted by molar-refractivity contribution is -0.116. The highest BCUT2D eigenvalue weighted by Crippen LogP contribution is 2.31. The second-order valence-electron chi connectivity index (χ2n) is 4.93. The van der Waals surface area contributed by atoms with Crippen molar-refractivity contribution in [2.45, 2.75) is 10.1 Å². The fourth-order valence-electron chi connectivity index (χ4n) is 1.60. The number of benzene rings is 1. The molecule has 2 rings (SSSR count). The van der Waals surface area contributed by atoms with Crippen LogP contribution in [0.1, 0.15) is 5.56 Å². The molecule has 1 N–H and O–H groups in total. The van der Waals surface area contributed by atoms with Crippen LogP contribution in [0.2, 0.25) is 5.02 Å². The van der Waals surface area contributed by atoms with E-state index >= 15 is 0 Å². The maximum absolute atomic E-state index is 13.7. The van der Waals surface area contributed by atoms with Gasteiger partial charge < -0.3 is 0 Å². The van der Waals surface area contributed by atoms with E-state index < -0.39 is 21.7 Å². The molecule has 0 saturated heterocycles. The monoisotopic (exact) mass is 424 g/mol. The zero-order valence-electron chi connectivity index (χ0n) is 13.2. The van der Waals surface area contributed by atoms with Crippen molar-refractivity contribution in [2.24, 2.45) is 0 Å². The average molecular weight is 425 g/mol. The van der Waals surface area contributed by atoms with Crippen LogP contribution in [-0.2, 0) is 20.6 Å². The van der Waals surface area contributed by atoms with Crippen molar-refractivity contribution in [3.05, 3.63) is 34.6 Å². The number of thioether (sulfide) groups is 1. The van der Waals surface area contributed by atoms with Crippen molar-refractivity contribution < 1.29 is 17.6 Å². The van der Waals surface area contributed by atoms with Crippen LogP contribution in [0.15, 0.2) is 22.5 Å². The molecule has 0 atom stereocenters. The lowest BCUT2D eigenvalue weighted by atomic mass is 10.2. The number of halogens is 2. The fourth-order valence-corrected chi connectivity index (χ4v) is 4.06. The Morgan fingerprint density at radius 3 is 2.80 bits per heavy atom. The minimum Gasteiger partial charge on any atom is -0.299 e. The number of amides is 1. The molecule has 0 spiro atoms. The topological polar surface area (TPSA) is 92.3 Å². The van der Waals surface area contributed by atoms with Crippen molar-refractivity contribution >= 4 is 55.8 Å². The van der Waals surface area contributed by atoms with E-state index in [9.17, 15) is 17.6 Å². The van der Waals surface area contributed by atoms with E-state index in [2.05, 4.69) is 15.5 Å². The van der Waals surface area contributed by atoms with Gasteiger partial charge in [-0.25, -0.2) is 12.8 Å². The van der Waals surface area contributed by atoms with Gasteiger partial charge in [0, 0.05) is 23.4 Å². The van der Waals surface area contributed by atoms with Crippen molar-refractivity contribution in [1.29, 1.82) is 0 Å². The number of aromatic nitrogens is 2. The van der Waals surface area contributed by atoms with Crippen molar-refractivity contribution in [2.75, 3.05) is 25.2 Å². The number of carbonyl (C=O) groups excluding carboxylic acids is 1. The van der Waals surface area contributed by atoms with Crippen LogP contribution in [0.3, 0.4) is 0 Å². The molecule has 1 heterocycles. The zero-order valence-corrected chi connectivity index (χ0v) is 16.4. The van der Waals surface area contributed by atoms with Crippen LogP contribution in [0, 0.1) is 5.82 Å². The zero-order chi connectivity index (χ0) is 18.6. The quantitative estimate of drug-likeness (QED) is 0.542. The van der Waals surface area contributed by atoms with Gasteiger partial charge >= 0.3 is 0 Å². The van der Waals surface area contributed by atoms with Gasteiger partial charge in [0.05, 0.1) is 12.8 Å². The summed E-state index contributed by atoms with van der Waals surface area (Å²) in [5.74, 6) is -0.662. The Morgan fingerprint density at radius 2 is 2.16 bits per heavy atom. The summed E-state index contributed by atoms with van der Waals surface area (Å²) in [5, 5.41) is 10.7. The normalized spacial score (nSPS) is 11.7. The van der Waals surface area contributed by atoms with Gasteiger partial charge in [-0.15, -0.1) is 10.2 Å². The number of carbonyl (C=O) groups is 1.